The largest absolute Gasteiger partial charge is 0.472 e. The Balaban J connectivity index is 3.94. The van der Waals surface area contributed by atoms with Crippen LogP contribution in [0.15, 0.2) is 85.1 Å². The van der Waals surface area contributed by atoms with Gasteiger partial charge in [-0.1, -0.05) is 388 Å². The normalized spacial score (nSPS) is 13.5. The van der Waals surface area contributed by atoms with Crippen molar-refractivity contribution in [2.75, 3.05) is 47.5 Å². The van der Waals surface area contributed by atoms with Crippen LogP contribution in [0.5, 0.6) is 0 Å². The summed E-state index contributed by atoms with van der Waals surface area (Å²) < 4.78 is 34.8. The van der Waals surface area contributed by atoms with Crippen molar-refractivity contribution in [3.63, 3.8) is 0 Å². The number of carbonyl (C=O) groups excluding carboxylic acids is 2. The molecule has 0 heterocycles. The topological polar surface area (TPSA) is 108 Å². The Bertz CT molecular complexity index is 1860. The number of phosphoric acid groups is 1. The van der Waals surface area contributed by atoms with E-state index in [0.717, 1.165) is 77.0 Å². The molecule has 10 heteroatoms. The van der Waals surface area contributed by atoms with E-state index >= 15 is 0 Å². The number of carbonyl (C=O) groups is 2. The molecule has 0 bridgehead atoms. The fourth-order valence-corrected chi connectivity index (χ4v) is 12.6. The minimum atomic E-state index is -4.40. The van der Waals surface area contributed by atoms with E-state index in [1.807, 2.05) is 21.1 Å². The summed E-state index contributed by atoms with van der Waals surface area (Å²) in [5.41, 5.74) is 0. The first-order valence-electron chi connectivity index (χ1n) is 40.3. The molecule has 2 unspecified atom stereocenters. The molecule has 0 radical (unpaired) electrons. The molecule has 0 spiro atoms. The van der Waals surface area contributed by atoms with Crippen LogP contribution in [0.4, 0.5) is 0 Å². The molecule has 0 aromatic rings. The Hall–Kier alpha value is -2.81. The van der Waals surface area contributed by atoms with Gasteiger partial charge in [0.25, 0.3) is 0 Å². The third kappa shape index (κ3) is 78.2. The summed E-state index contributed by atoms with van der Waals surface area (Å²) in [4.78, 5) is 36.0. The minimum Gasteiger partial charge on any atom is -0.462 e. The molecule has 9 nitrogen and oxygen atoms in total. The van der Waals surface area contributed by atoms with Crippen molar-refractivity contribution in [1.82, 2.24) is 0 Å². The fourth-order valence-electron chi connectivity index (χ4n) is 11.8. The Labute approximate surface area is 583 Å². The van der Waals surface area contributed by atoms with Crippen molar-refractivity contribution in [2.45, 2.75) is 392 Å². The Kier molecular flexibility index (Phi) is 72.2. The number of esters is 2. The fraction of sp³-hybridized carbons (Fsp3) is 0.810. The van der Waals surface area contributed by atoms with Gasteiger partial charge in [-0.25, -0.2) is 4.57 Å². The van der Waals surface area contributed by atoms with Gasteiger partial charge in [0.1, 0.15) is 19.8 Å². The molecule has 0 aromatic heterocycles. The maximum atomic E-state index is 12.9. The van der Waals surface area contributed by atoms with Gasteiger partial charge in [-0.2, -0.15) is 0 Å². The van der Waals surface area contributed by atoms with Crippen LogP contribution < -0.4 is 0 Å². The number of phosphoric ester groups is 1. The third-order valence-corrected chi connectivity index (χ3v) is 18.9. The van der Waals surface area contributed by atoms with Crippen LogP contribution >= 0.6 is 7.82 Å². The molecule has 0 aliphatic carbocycles. The van der Waals surface area contributed by atoms with Gasteiger partial charge in [0.2, 0.25) is 0 Å². The molecule has 0 fully saturated rings. The number of nitrogens with zero attached hydrogens (tertiary/aromatic N) is 1. The molecule has 94 heavy (non-hydrogen) atoms. The number of unbranched alkanes of at least 4 members (excludes halogenated alkanes) is 47. The molecule has 1 N–H and O–H groups in total. The van der Waals surface area contributed by atoms with Crippen LogP contribution in [0, 0.1) is 0 Å². The van der Waals surface area contributed by atoms with Crippen LogP contribution in [0.2, 0.25) is 0 Å². The van der Waals surface area contributed by atoms with E-state index in [-0.39, 0.29) is 25.6 Å². The number of likely N-dealkylation sites (N-methyl/N-ethyl adjacent to an activating group) is 1. The molecule has 0 amide bonds. The van der Waals surface area contributed by atoms with Crippen molar-refractivity contribution < 1.29 is 42.1 Å². The van der Waals surface area contributed by atoms with E-state index in [1.165, 1.54) is 276 Å². The highest BCUT2D eigenvalue weighted by atomic mass is 31.2. The summed E-state index contributed by atoms with van der Waals surface area (Å²) in [7, 11) is 1.49. The zero-order chi connectivity index (χ0) is 68.3. The molecular weight excluding hydrogens is 1180 g/mol. The second-order valence-corrected chi connectivity index (χ2v) is 29.9. The maximum absolute atomic E-state index is 12.9. The summed E-state index contributed by atoms with van der Waals surface area (Å²) in [5.74, 6) is -0.778. The average molecular weight is 1340 g/mol. The zero-order valence-electron chi connectivity index (χ0n) is 62.7. The van der Waals surface area contributed by atoms with Crippen LogP contribution in [0.3, 0.4) is 0 Å². The number of rotatable bonds is 75. The number of hydrogen-bond acceptors (Lipinski definition) is 7. The lowest BCUT2D eigenvalue weighted by Gasteiger charge is -2.24. The van der Waals surface area contributed by atoms with Crippen LogP contribution in [0.1, 0.15) is 386 Å². The van der Waals surface area contributed by atoms with E-state index in [1.54, 1.807) is 0 Å². The summed E-state index contributed by atoms with van der Waals surface area (Å²) in [6, 6.07) is 0. The van der Waals surface area contributed by atoms with Gasteiger partial charge >= 0.3 is 19.8 Å². The second kappa shape index (κ2) is 74.4. The molecule has 2 atom stereocenters. The van der Waals surface area contributed by atoms with E-state index in [2.05, 4.69) is 98.9 Å². The van der Waals surface area contributed by atoms with E-state index in [0.29, 0.717) is 23.9 Å². The molecule has 0 saturated heterocycles. The first kappa shape index (κ1) is 91.2. The Morgan fingerprint density at radius 3 is 0.904 bits per heavy atom. The van der Waals surface area contributed by atoms with Gasteiger partial charge in [-0.15, -0.1) is 0 Å². The third-order valence-electron chi connectivity index (χ3n) is 17.9. The van der Waals surface area contributed by atoms with E-state index in [9.17, 15) is 19.0 Å². The predicted molar refractivity (Wildman–Crippen MR) is 409 cm³/mol. The van der Waals surface area contributed by atoms with Gasteiger partial charge in [-0.05, 0) is 70.6 Å². The molecule has 0 aromatic carbocycles. The SMILES string of the molecule is CC/C=C\C/C=C\C/C=C\C/C=C\C/C=C\C/C=C\C/C=C\CCCCCCCCCCCCCCCCCCCC(=O)OC(COC(=O)CCCCCCCCCCCCCCCCCCCCCCCCCCCCCCCCC)COP(=O)(O)OCC[N+](C)(C)C. The van der Waals surface area contributed by atoms with Gasteiger partial charge < -0.3 is 18.9 Å². The zero-order valence-corrected chi connectivity index (χ0v) is 63.6. The quantitative estimate of drug-likeness (QED) is 0.0211. The molecule has 0 rings (SSSR count). The van der Waals surface area contributed by atoms with Crippen molar-refractivity contribution in [3.8, 4) is 0 Å². The summed E-state index contributed by atoms with van der Waals surface area (Å²) in [6.07, 6.45) is 103. The first-order chi connectivity index (χ1) is 46.0. The monoisotopic (exact) mass is 1340 g/mol. The predicted octanol–water partition coefficient (Wildman–Crippen LogP) is 26.8. The van der Waals surface area contributed by atoms with Crippen molar-refractivity contribution in [2.24, 2.45) is 0 Å². The highest BCUT2D eigenvalue weighted by Crippen LogP contribution is 2.43. The molecule has 0 aliphatic rings. The van der Waals surface area contributed by atoms with Crippen LogP contribution in [-0.2, 0) is 32.7 Å². The first-order valence-corrected chi connectivity index (χ1v) is 41.8. The molecule has 0 saturated carbocycles. The Morgan fingerprint density at radius 2 is 0.606 bits per heavy atom. The van der Waals surface area contributed by atoms with Gasteiger partial charge in [0.05, 0.1) is 27.7 Å². The summed E-state index contributed by atoms with van der Waals surface area (Å²) in [6.45, 7) is 4.39. The highest BCUT2D eigenvalue weighted by Gasteiger charge is 2.27. The standard InChI is InChI=1S/C84H154NO8P/c1-6-8-10-12-14-16-18-20-22-24-26-28-30-32-34-36-38-39-40-41-42-43-44-45-47-49-51-53-55-57-59-61-63-65-67-69-71-73-75-77-84(87)93-82(81-92-94(88,89)91-79-78-85(3,4)5)80-90-83(86)76-74-72-70-68-66-64-62-60-58-56-54-52-50-48-46-37-35-33-31-29-27-25-23-21-19-17-15-13-11-9-7-2/h8,10,14,16,20,22,26,28,32,34,38-39,41-42,82H,6-7,9,11-13,15,17-19,21,23-25,27,29-31,33,35-37,40,43-81H2,1-5H3/p+1/b10-8-,16-14-,22-20-,28-26-,34-32-,39-38-,42-41-. The Morgan fingerprint density at radius 1 is 0.340 bits per heavy atom. The summed E-state index contributed by atoms with van der Waals surface area (Å²) >= 11 is 0. The maximum Gasteiger partial charge on any atom is 0.472 e. The number of allylic oxidation sites excluding steroid dienone is 14. The van der Waals surface area contributed by atoms with Gasteiger partial charge in [0, 0.05) is 12.8 Å². The van der Waals surface area contributed by atoms with Gasteiger partial charge in [0.15, 0.2) is 6.10 Å². The van der Waals surface area contributed by atoms with E-state index in [4.69, 9.17) is 18.5 Å². The van der Waals surface area contributed by atoms with Crippen LogP contribution in [0.25, 0.3) is 0 Å². The van der Waals surface area contributed by atoms with Gasteiger partial charge in [-0.3, -0.25) is 18.6 Å². The summed E-state index contributed by atoms with van der Waals surface area (Å²) in [5, 5.41) is 0. The van der Waals surface area contributed by atoms with Crippen molar-refractivity contribution >= 4 is 19.8 Å². The second-order valence-electron chi connectivity index (χ2n) is 28.4. The van der Waals surface area contributed by atoms with E-state index < -0.39 is 26.5 Å². The highest BCUT2D eigenvalue weighted by molar-refractivity contribution is 7.47. The van der Waals surface area contributed by atoms with Crippen molar-refractivity contribution in [1.29, 1.82) is 0 Å². The number of hydrogen-bond donors (Lipinski definition) is 1. The molecule has 0 aliphatic heterocycles. The molecule has 548 valence electrons. The lowest BCUT2D eigenvalue weighted by Crippen LogP contribution is -2.37. The number of ether oxygens (including phenoxy) is 2. The smallest absolute Gasteiger partial charge is 0.462 e. The van der Waals surface area contributed by atoms with Crippen molar-refractivity contribution in [3.05, 3.63) is 85.1 Å². The lowest BCUT2D eigenvalue weighted by molar-refractivity contribution is -0.870. The number of quaternary nitrogens is 1. The van der Waals surface area contributed by atoms with Crippen LogP contribution in [-0.4, -0.2) is 74.9 Å². The average Bonchev–Trinajstić information content (AvgIpc) is 1.56. The minimum absolute atomic E-state index is 0.0325. The lowest BCUT2D eigenvalue weighted by atomic mass is 10.0. The molecular formula is C84H155NO8P+.